The number of carbonyl (C=O) groups excluding carboxylic acids is 1. The van der Waals surface area contributed by atoms with E-state index in [1.807, 2.05) is 36.4 Å². The summed E-state index contributed by atoms with van der Waals surface area (Å²) in [4.78, 5) is 29.2. The van der Waals surface area contributed by atoms with Crippen LogP contribution in [0, 0.1) is 16.0 Å². The molecule has 0 aliphatic carbocycles. The summed E-state index contributed by atoms with van der Waals surface area (Å²) in [5.74, 6) is -0.222. The lowest BCUT2D eigenvalue weighted by molar-refractivity contribution is -0.384. The number of nitro groups is 1. The summed E-state index contributed by atoms with van der Waals surface area (Å²) in [5, 5.41) is 15.8. The molecule has 5 aromatic carbocycles. The van der Waals surface area contributed by atoms with Crippen molar-refractivity contribution in [2.45, 2.75) is 24.3 Å². The molecule has 0 saturated carbocycles. The van der Waals surface area contributed by atoms with Crippen molar-refractivity contribution in [3.63, 3.8) is 0 Å². The zero-order chi connectivity index (χ0) is 39.9. The van der Waals surface area contributed by atoms with E-state index in [0.717, 1.165) is 55.4 Å². The maximum absolute atomic E-state index is 13.7. The van der Waals surface area contributed by atoms with Crippen LogP contribution in [0.5, 0.6) is 11.5 Å². The number of carbonyl (C=O) groups is 1. The van der Waals surface area contributed by atoms with Gasteiger partial charge in [0.2, 0.25) is 0 Å². The number of halogens is 1. The standard InChI is InChI=1S/C42H43ClN6O7S/c43-32-10-8-30(9-11-32)37-7-2-1-4-31(37)28-47-18-20-48(21-19-47)34-12-14-38(41(25-34)56-35-6-3-5-33(44)24-35)42(50)46-57(53,54)36-13-15-39(40(26-36)49(51)52)45-27-29-16-22-55-23-17-29/h1-15,24-26,29,45H,16-23,27-28,44H2,(H,46,50). The minimum atomic E-state index is -4.54. The smallest absolute Gasteiger partial charge is 0.293 e. The molecule has 0 unspecified atom stereocenters. The van der Waals surface area contributed by atoms with Crippen LogP contribution in [0.25, 0.3) is 11.1 Å². The molecule has 0 atom stereocenters. The first kappa shape index (κ1) is 39.6. The molecular weight excluding hydrogens is 768 g/mol. The fraction of sp³-hybridized carbons (Fsp3) is 0.262. The van der Waals surface area contributed by atoms with Crippen molar-refractivity contribution >= 4 is 50.3 Å². The SMILES string of the molecule is Nc1cccc(Oc2cc(N3CCN(Cc4ccccc4-c4ccc(Cl)cc4)CC3)ccc2C(=O)NS(=O)(=O)c2ccc(NCC3CCOCC3)c([N+](=O)[O-])c2)c1. The van der Waals surface area contributed by atoms with E-state index in [9.17, 15) is 23.3 Å². The fourth-order valence-electron chi connectivity index (χ4n) is 7.08. The summed E-state index contributed by atoms with van der Waals surface area (Å²) in [7, 11) is -4.54. The molecular formula is C42H43ClN6O7S. The molecule has 0 spiro atoms. The number of sulfonamides is 1. The number of hydrogen-bond acceptors (Lipinski definition) is 11. The Kier molecular flexibility index (Phi) is 12.2. The quantitative estimate of drug-likeness (QED) is 0.0609. The number of rotatable bonds is 13. The van der Waals surface area contributed by atoms with Gasteiger partial charge in [-0.2, -0.15) is 0 Å². The van der Waals surface area contributed by atoms with Crippen LogP contribution in [0.1, 0.15) is 28.8 Å². The van der Waals surface area contributed by atoms with Crippen molar-refractivity contribution < 1.29 is 27.6 Å². The van der Waals surface area contributed by atoms with Gasteiger partial charge >= 0.3 is 0 Å². The third kappa shape index (κ3) is 9.84. The van der Waals surface area contributed by atoms with E-state index in [-0.39, 0.29) is 22.9 Å². The van der Waals surface area contributed by atoms with Crippen LogP contribution >= 0.6 is 11.6 Å². The molecule has 2 heterocycles. The molecule has 2 saturated heterocycles. The second-order valence-corrected chi connectivity index (χ2v) is 16.2. The maximum atomic E-state index is 13.7. The lowest BCUT2D eigenvalue weighted by atomic mass is 9.99. The highest BCUT2D eigenvalue weighted by molar-refractivity contribution is 7.90. The first-order valence-electron chi connectivity index (χ1n) is 18.7. The van der Waals surface area contributed by atoms with E-state index in [4.69, 9.17) is 26.8 Å². The van der Waals surface area contributed by atoms with E-state index >= 15 is 0 Å². The Hall–Kier alpha value is -5.67. The van der Waals surface area contributed by atoms with Gasteiger partial charge in [0.05, 0.1) is 15.4 Å². The van der Waals surface area contributed by atoms with Crippen molar-refractivity contribution in [1.29, 1.82) is 0 Å². The third-order valence-corrected chi connectivity index (χ3v) is 11.8. The number of nitrogens with one attached hydrogen (secondary N) is 2. The number of benzene rings is 5. The molecule has 13 nitrogen and oxygen atoms in total. The monoisotopic (exact) mass is 810 g/mol. The molecule has 0 radical (unpaired) electrons. The number of ether oxygens (including phenoxy) is 2. The normalized spacial score (nSPS) is 15.2. The second kappa shape index (κ2) is 17.6. The number of nitrogen functional groups attached to an aromatic ring is 1. The number of piperazine rings is 1. The number of anilines is 3. The number of nitrogens with two attached hydrogens (primary N) is 1. The first-order valence-corrected chi connectivity index (χ1v) is 20.5. The van der Waals surface area contributed by atoms with Crippen LogP contribution in [-0.2, 0) is 21.3 Å². The summed E-state index contributed by atoms with van der Waals surface area (Å²) in [5.41, 5.74) is 10.4. The van der Waals surface area contributed by atoms with Gasteiger partial charge in [-0.3, -0.25) is 19.8 Å². The van der Waals surface area contributed by atoms with Crippen molar-refractivity contribution in [1.82, 2.24) is 9.62 Å². The summed E-state index contributed by atoms with van der Waals surface area (Å²) >= 11 is 6.14. The third-order valence-electron chi connectivity index (χ3n) is 10.2. The topological polar surface area (TPSA) is 169 Å². The molecule has 2 aliphatic rings. The number of amides is 1. The van der Waals surface area contributed by atoms with Crippen molar-refractivity contribution in [3.05, 3.63) is 135 Å². The number of nitrogens with zero attached hydrogens (tertiary/aromatic N) is 3. The molecule has 5 aromatic rings. The summed E-state index contributed by atoms with van der Waals surface area (Å²) in [6.07, 6.45) is 1.64. The van der Waals surface area contributed by atoms with Gasteiger partial charge in [0.15, 0.2) is 0 Å². The molecule has 15 heteroatoms. The van der Waals surface area contributed by atoms with E-state index < -0.39 is 31.4 Å². The zero-order valence-electron chi connectivity index (χ0n) is 31.1. The Balaban J connectivity index is 1.07. The summed E-state index contributed by atoms with van der Waals surface area (Å²) < 4.78 is 40.8. The van der Waals surface area contributed by atoms with Gasteiger partial charge in [0, 0.05) is 87.1 Å². The van der Waals surface area contributed by atoms with Crippen LogP contribution in [-0.4, -0.2) is 70.1 Å². The van der Waals surface area contributed by atoms with Gasteiger partial charge in [0.1, 0.15) is 17.2 Å². The molecule has 0 bridgehead atoms. The lowest BCUT2D eigenvalue weighted by Gasteiger charge is -2.36. The molecule has 296 valence electrons. The van der Waals surface area contributed by atoms with E-state index in [0.29, 0.717) is 49.3 Å². The molecule has 0 aromatic heterocycles. The maximum Gasteiger partial charge on any atom is 0.293 e. The van der Waals surface area contributed by atoms with Crippen LogP contribution in [0.3, 0.4) is 0 Å². The Morgan fingerprint density at radius 1 is 0.912 bits per heavy atom. The number of nitro benzene ring substituents is 1. The van der Waals surface area contributed by atoms with Crippen LogP contribution in [0.15, 0.2) is 114 Å². The minimum absolute atomic E-state index is 0.0496. The Labute approximate surface area is 336 Å². The van der Waals surface area contributed by atoms with Crippen molar-refractivity contribution in [3.8, 4) is 22.6 Å². The predicted molar refractivity (Wildman–Crippen MR) is 222 cm³/mol. The lowest BCUT2D eigenvalue weighted by Crippen LogP contribution is -2.46. The minimum Gasteiger partial charge on any atom is -0.456 e. The van der Waals surface area contributed by atoms with E-state index in [2.05, 4.69) is 32.0 Å². The molecule has 4 N–H and O–H groups in total. The average molecular weight is 811 g/mol. The first-order chi connectivity index (χ1) is 27.5. The highest BCUT2D eigenvalue weighted by Gasteiger charge is 2.27. The summed E-state index contributed by atoms with van der Waals surface area (Å²) in [6.45, 7) is 5.43. The van der Waals surface area contributed by atoms with Gasteiger partial charge in [-0.05, 0) is 84.0 Å². The van der Waals surface area contributed by atoms with Crippen LogP contribution < -0.4 is 25.4 Å². The van der Waals surface area contributed by atoms with Gasteiger partial charge in [-0.1, -0.05) is 54.1 Å². The number of hydrogen-bond donors (Lipinski definition) is 3. The van der Waals surface area contributed by atoms with Crippen molar-refractivity contribution in [2.24, 2.45) is 5.92 Å². The molecule has 7 rings (SSSR count). The Morgan fingerprint density at radius 2 is 1.67 bits per heavy atom. The van der Waals surface area contributed by atoms with E-state index in [1.54, 1.807) is 36.4 Å². The second-order valence-electron chi connectivity index (χ2n) is 14.1. The predicted octanol–water partition coefficient (Wildman–Crippen LogP) is 7.57. The molecule has 57 heavy (non-hydrogen) atoms. The van der Waals surface area contributed by atoms with Gasteiger partial charge in [-0.15, -0.1) is 0 Å². The Morgan fingerprint density at radius 3 is 2.40 bits per heavy atom. The van der Waals surface area contributed by atoms with E-state index in [1.165, 1.54) is 23.8 Å². The Bertz CT molecular complexity index is 2350. The van der Waals surface area contributed by atoms with Gasteiger partial charge in [0.25, 0.3) is 21.6 Å². The largest absolute Gasteiger partial charge is 0.456 e. The van der Waals surface area contributed by atoms with Crippen LogP contribution in [0.2, 0.25) is 5.02 Å². The molecule has 1 amide bonds. The molecule has 2 fully saturated rings. The van der Waals surface area contributed by atoms with Crippen molar-refractivity contribution in [2.75, 3.05) is 61.9 Å². The highest BCUT2D eigenvalue weighted by Crippen LogP contribution is 2.34. The summed E-state index contributed by atoms with van der Waals surface area (Å²) in [6, 6.07) is 31.4. The fourth-order valence-corrected chi connectivity index (χ4v) is 8.19. The highest BCUT2D eigenvalue weighted by atomic mass is 35.5. The average Bonchev–Trinajstić information content (AvgIpc) is 3.21. The van der Waals surface area contributed by atoms with Gasteiger partial charge < -0.3 is 25.4 Å². The van der Waals surface area contributed by atoms with Gasteiger partial charge in [-0.25, -0.2) is 13.1 Å². The zero-order valence-corrected chi connectivity index (χ0v) is 32.7. The van der Waals surface area contributed by atoms with Crippen LogP contribution in [0.4, 0.5) is 22.7 Å². The molecule has 2 aliphatic heterocycles.